The van der Waals surface area contributed by atoms with E-state index >= 15 is 0 Å². The number of piperazine rings is 1. The Bertz CT molecular complexity index is 1120. The van der Waals surface area contributed by atoms with Gasteiger partial charge in [-0.25, -0.2) is 9.97 Å². The van der Waals surface area contributed by atoms with Gasteiger partial charge in [0.15, 0.2) is 0 Å². The number of imidazole rings is 1. The van der Waals surface area contributed by atoms with Gasteiger partial charge in [-0.05, 0) is 48.0 Å². The van der Waals surface area contributed by atoms with E-state index in [4.69, 9.17) is 11.6 Å². The molecule has 2 atom stereocenters. The van der Waals surface area contributed by atoms with Gasteiger partial charge in [0.1, 0.15) is 11.3 Å². The number of anilines is 2. The van der Waals surface area contributed by atoms with E-state index in [-0.39, 0.29) is 6.04 Å². The predicted molar refractivity (Wildman–Crippen MR) is 118 cm³/mol. The number of nitrogens with one attached hydrogen (secondary N) is 1. The number of H-pyrrole nitrogens is 1. The summed E-state index contributed by atoms with van der Waals surface area (Å²) in [6.45, 7) is 5.45. The number of pyridine rings is 1. The van der Waals surface area contributed by atoms with Crippen LogP contribution in [0.25, 0.3) is 11.0 Å². The standard InChI is InChI=1S/C20H20BrClF3N5O/c1-10-9-29(18-15(22)5-12(8-26-18)11(2)31)3-4-30(10)19-27-16-7-13(20(23,24)25)6-14(21)17(16)28-19/h5-8,10-11,31H,3-4,9H2,1-2H3,(H,27,28)/t10-,11-/m1/s1. The first-order valence-corrected chi connectivity index (χ1v) is 10.8. The molecule has 31 heavy (non-hydrogen) atoms. The molecule has 1 fully saturated rings. The molecule has 0 saturated carbocycles. The smallest absolute Gasteiger partial charge is 0.389 e. The first-order chi connectivity index (χ1) is 14.5. The fraction of sp³-hybridized carbons (Fsp3) is 0.400. The summed E-state index contributed by atoms with van der Waals surface area (Å²) in [5.41, 5.74) is 0.689. The molecular formula is C20H20BrClF3N5O. The molecule has 0 unspecified atom stereocenters. The van der Waals surface area contributed by atoms with Gasteiger partial charge in [-0.15, -0.1) is 0 Å². The highest BCUT2D eigenvalue weighted by atomic mass is 79.9. The third-order valence-electron chi connectivity index (χ3n) is 5.38. The highest BCUT2D eigenvalue weighted by Crippen LogP contribution is 2.36. The molecule has 1 aliphatic rings. The van der Waals surface area contributed by atoms with Crippen molar-refractivity contribution in [3.05, 3.63) is 45.0 Å². The summed E-state index contributed by atoms with van der Waals surface area (Å²) < 4.78 is 39.7. The lowest BCUT2D eigenvalue weighted by Gasteiger charge is -2.40. The van der Waals surface area contributed by atoms with Gasteiger partial charge in [0.25, 0.3) is 0 Å². The predicted octanol–water partition coefficient (Wildman–Crippen LogP) is 5.16. The highest BCUT2D eigenvalue weighted by molar-refractivity contribution is 9.10. The van der Waals surface area contributed by atoms with Crippen molar-refractivity contribution in [2.24, 2.45) is 0 Å². The van der Waals surface area contributed by atoms with Crippen LogP contribution in [0.3, 0.4) is 0 Å². The minimum atomic E-state index is -4.43. The molecule has 3 heterocycles. The second-order valence-electron chi connectivity index (χ2n) is 7.65. The summed E-state index contributed by atoms with van der Waals surface area (Å²) in [6.07, 6.45) is -3.48. The molecule has 1 aromatic carbocycles. The Kier molecular flexibility index (Phi) is 5.82. The number of rotatable bonds is 3. The Morgan fingerprint density at radius 3 is 2.65 bits per heavy atom. The number of hydrogen-bond acceptors (Lipinski definition) is 5. The number of aromatic amines is 1. The lowest BCUT2D eigenvalue weighted by Crippen LogP contribution is -2.52. The van der Waals surface area contributed by atoms with Crippen LogP contribution in [0.2, 0.25) is 5.02 Å². The molecule has 11 heteroatoms. The number of fused-ring (bicyclic) bond motifs is 1. The number of aromatic nitrogens is 3. The number of nitrogens with zero attached hydrogens (tertiary/aromatic N) is 4. The third-order valence-corrected chi connectivity index (χ3v) is 6.26. The van der Waals surface area contributed by atoms with Crippen LogP contribution in [0.5, 0.6) is 0 Å². The molecule has 166 valence electrons. The van der Waals surface area contributed by atoms with Crippen LogP contribution < -0.4 is 9.80 Å². The molecule has 1 aliphatic heterocycles. The Morgan fingerprint density at radius 2 is 2.03 bits per heavy atom. The molecule has 0 bridgehead atoms. The van der Waals surface area contributed by atoms with Crippen LogP contribution in [-0.4, -0.2) is 45.7 Å². The zero-order valence-corrected chi connectivity index (χ0v) is 19.1. The van der Waals surface area contributed by atoms with Crippen LogP contribution in [0, 0.1) is 0 Å². The van der Waals surface area contributed by atoms with Gasteiger partial charge in [0.2, 0.25) is 5.95 Å². The van der Waals surface area contributed by atoms with Crippen molar-refractivity contribution in [2.75, 3.05) is 29.4 Å². The lowest BCUT2D eigenvalue weighted by atomic mass is 10.1. The summed E-state index contributed by atoms with van der Waals surface area (Å²) in [5, 5.41) is 10.2. The van der Waals surface area contributed by atoms with Crippen LogP contribution >= 0.6 is 27.5 Å². The maximum atomic E-state index is 13.1. The topological polar surface area (TPSA) is 68.3 Å². The molecule has 3 aromatic rings. The summed E-state index contributed by atoms with van der Waals surface area (Å²) in [4.78, 5) is 16.0. The molecule has 1 saturated heterocycles. The van der Waals surface area contributed by atoms with E-state index in [1.807, 2.05) is 11.8 Å². The van der Waals surface area contributed by atoms with Crippen molar-refractivity contribution in [1.29, 1.82) is 0 Å². The fourth-order valence-electron chi connectivity index (χ4n) is 3.73. The highest BCUT2D eigenvalue weighted by Gasteiger charge is 2.33. The quantitative estimate of drug-likeness (QED) is 0.501. The summed E-state index contributed by atoms with van der Waals surface area (Å²) in [5.74, 6) is 1.16. The maximum absolute atomic E-state index is 13.1. The Balaban J connectivity index is 1.57. The van der Waals surface area contributed by atoms with Gasteiger partial charge in [0, 0.05) is 41.9 Å². The molecule has 2 N–H and O–H groups in total. The van der Waals surface area contributed by atoms with E-state index in [0.29, 0.717) is 57.5 Å². The van der Waals surface area contributed by atoms with E-state index in [9.17, 15) is 18.3 Å². The van der Waals surface area contributed by atoms with Crippen LogP contribution in [0.15, 0.2) is 28.9 Å². The van der Waals surface area contributed by atoms with Gasteiger partial charge in [-0.2, -0.15) is 13.2 Å². The largest absolute Gasteiger partial charge is 0.416 e. The third kappa shape index (κ3) is 4.33. The minimum absolute atomic E-state index is 0.00415. The van der Waals surface area contributed by atoms with Crippen molar-refractivity contribution in [2.45, 2.75) is 32.2 Å². The van der Waals surface area contributed by atoms with Gasteiger partial charge in [-0.1, -0.05) is 11.6 Å². The molecule has 2 aromatic heterocycles. The number of halogens is 5. The number of hydrogen-bond donors (Lipinski definition) is 2. The SMILES string of the molecule is C[C@@H]1CN(c2ncc([C@@H](C)O)cc2Cl)CCN1c1nc2c(Br)cc(C(F)(F)F)cc2[nH]1. The number of aliphatic hydroxyl groups excluding tert-OH is 1. The monoisotopic (exact) mass is 517 g/mol. The maximum Gasteiger partial charge on any atom is 0.416 e. The van der Waals surface area contributed by atoms with Gasteiger partial charge in [0.05, 0.1) is 22.2 Å². The van der Waals surface area contributed by atoms with E-state index in [0.717, 1.165) is 12.1 Å². The van der Waals surface area contributed by atoms with Crippen LogP contribution in [-0.2, 0) is 6.18 Å². The second kappa shape index (κ2) is 8.14. The molecule has 0 aliphatic carbocycles. The Morgan fingerprint density at radius 1 is 1.29 bits per heavy atom. The van der Waals surface area contributed by atoms with Gasteiger partial charge in [-0.3, -0.25) is 0 Å². The number of alkyl halides is 3. The summed E-state index contributed by atoms with van der Waals surface area (Å²) >= 11 is 9.59. The minimum Gasteiger partial charge on any atom is -0.389 e. The fourth-order valence-corrected chi connectivity index (χ4v) is 4.58. The van der Waals surface area contributed by atoms with Crippen molar-refractivity contribution >= 4 is 50.3 Å². The summed E-state index contributed by atoms with van der Waals surface area (Å²) in [7, 11) is 0. The first kappa shape index (κ1) is 22.2. The van der Waals surface area contributed by atoms with Gasteiger partial charge >= 0.3 is 6.18 Å². The van der Waals surface area contributed by atoms with Crippen molar-refractivity contribution in [3.8, 4) is 0 Å². The van der Waals surface area contributed by atoms with Crippen LogP contribution in [0.4, 0.5) is 24.9 Å². The molecule has 6 nitrogen and oxygen atoms in total. The summed E-state index contributed by atoms with van der Waals surface area (Å²) in [6, 6.07) is 3.83. The molecule has 0 spiro atoms. The van der Waals surface area contributed by atoms with Crippen molar-refractivity contribution < 1.29 is 18.3 Å². The molecule has 0 amide bonds. The average molecular weight is 519 g/mol. The first-order valence-electron chi connectivity index (χ1n) is 9.66. The second-order valence-corrected chi connectivity index (χ2v) is 8.91. The molecular weight excluding hydrogens is 499 g/mol. The Labute approximate surface area is 190 Å². The normalized spacial score (nSPS) is 18.6. The Hall–Kier alpha value is -2.04. The molecule has 4 rings (SSSR count). The van der Waals surface area contributed by atoms with Crippen molar-refractivity contribution in [1.82, 2.24) is 15.0 Å². The van der Waals surface area contributed by atoms with E-state index in [1.54, 1.807) is 19.2 Å². The lowest BCUT2D eigenvalue weighted by molar-refractivity contribution is -0.137. The van der Waals surface area contributed by atoms with E-state index < -0.39 is 17.8 Å². The van der Waals surface area contributed by atoms with Crippen molar-refractivity contribution in [3.63, 3.8) is 0 Å². The van der Waals surface area contributed by atoms with E-state index in [1.165, 1.54) is 0 Å². The number of aliphatic hydroxyl groups is 1. The van der Waals surface area contributed by atoms with E-state index in [2.05, 4.69) is 35.8 Å². The zero-order chi connectivity index (χ0) is 22.5. The molecule has 0 radical (unpaired) electrons. The number of benzene rings is 1. The average Bonchev–Trinajstić information content (AvgIpc) is 3.11. The van der Waals surface area contributed by atoms with Gasteiger partial charge < -0.3 is 19.9 Å². The zero-order valence-electron chi connectivity index (χ0n) is 16.7. The van der Waals surface area contributed by atoms with Crippen LogP contribution in [0.1, 0.15) is 31.1 Å².